The summed E-state index contributed by atoms with van der Waals surface area (Å²) in [4.78, 5) is 4.19. The third-order valence-corrected chi connectivity index (χ3v) is 3.77. The maximum Gasteiger partial charge on any atom is 0.265 e. The molecule has 0 bridgehead atoms. The minimum absolute atomic E-state index is 0.0878. The molecule has 2 heterocycles. The molecule has 0 aliphatic carbocycles. The first-order valence-electron chi connectivity index (χ1n) is 5.80. The number of rotatable bonds is 2. The molecule has 3 rings (SSSR count). The van der Waals surface area contributed by atoms with Crippen LogP contribution in [-0.2, 0) is 4.74 Å². The van der Waals surface area contributed by atoms with E-state index in [0.717, 1.165) is 11.5 Å². The zero-order valence-electron chi connectivity index (χ0n) is 9.94. The minimum Gasteiger partial charge on any atom is -0.507 e. The van der Waals surface area contributed by atoms with Gasteiger partial charge in [0.05, 0.1) is 6.61 Å². The van der Waals surface area contributed by atoms with Gasteiger partial charge in [0.2, 0.25) is 5.82 Å². The van der Waals surface area contributed by atoms with Crippen LogP contribution in [0.25, 0.3) is 11.5 Å². The van der Waals surface area contributed by atoms with Crippen molar-refractivity contribution in [2.45, 2.75) is 6.10 Å². The number of thioether (sulfide) groups is 1. The van der Waals surface area contributed by atoms with E-state index in [4.69, 9.17) is 9.26 Å². The molecule has 19 heavy (non-hydrogen) atoms. The van der Waals surface area contributed by atoms with E-state index < -0.39 is 0 Å². The highest BCUT2D eigenvalue weighted by Crippen LogP contribution is 2.36. The molecule has 1 atom stereocenters. The van der Waals surface area contributed by atoms with E-state index in [1.807, 2.05) is 0 Å². The number of aromatic nitrogens is 2. The fourth-order valence-corrected chi connectivity index (χ4v) is 2.69. The monoisotopic (exact) mass is 280 g/mol. The summed E-state index contributed by atoms with van der Waals surface area (Å²) < 4.78 is 10.6. The third-order valence-electron chi connectivity index (χ3n) is 2.78. The van der Waals surface area contributed by atoms with Crippen molar-refractivity contribution in [3.05, 3.63) is 24.0 Å². The van der Waals surface area contributed by atoms with Crippen molar-refractivity contribution in [1.82, 2.24) is 10.1 Å². The van der Waals surface area contributed by atoms with Crippen molar-refractivity contribution < 1.29 is 19.5 Å². The Morgan fingerprint density at radius 1 is 1.26 bits per heavy atom. The molecule has 7 heteroatoms. The Hall–Kier alpha value is -1.73. The summed E-state index contributed by atoms with van der Waals surface area (Å²) in [6, 6.07) is 4.43. The maximum absolute atomic E-state index is 9.74. The van der Waals surface area contributed by atoms with E-state index in [1.54, 1.807) is 11.8 Å². The first-order valence-corrected chi connectivity index (χ1v) is 6.95. The quantitative estimate of drug-likeness (QED) is 0.869. The van der Waals surface area contributed by atoms with Crippen LogP contribution in [0.3, 0.4) is 0 Å². The predicted octanol–water partition coefficient (Wildman–Crippen LogP) is 1.95. The van der Waals surface area contributed by atoms with Crippen LogP contribution < -0.4 is 0 Å². The molecule has 1 aliphatic heterocycles. The minimum atomic E-state index is -0.204. The predicted molar refractivity (Wildman–Crippen MR) is 69.1 cm³/mol. The number of nitrogens with zero attached hydrogens (tertiary/aromatic N) is 2. The van der Waals surface area contributed by atoms with Crippen LogP contribution >= 0.6 is 11.8 Å². The van der Waals surface area contributed by atoms with Crippen LogP contribution in [-0.4, -0.2) is 38.5 Å². The van der Waals surface area contributed by atoms with E-state index in [-0.39, 0.29) is 29.1 Å². The molecule has 2 N–H and O–H groups in total. The molecule has 6 nitrogen and oxygen atoms in total. The van der Waals surface area contributed by atoms with E-state index >= 15 is 0 Å². The number of benzene rings is 1. The summed E-state index contributed by atoms with van der Waals surface area (Å²) in [6.07, 6.45) is -0.204. The van der Waals surface area contributed by atoms with Crippen LogP contribution in [0.4, 0.5) is 0 Å². The molecule has 0 radical (unpaired) electrons. The Balaban J connectivity index is 1.92. The van der Waals surface area contributed by atoms with Crippen molar-refractivity contribution >= 4 is 11.8 Å². The van der Waals surface area contributed by atoms with E-state index in [9.17, 15) is 10.2 Å². The van der Waals surface area contributed by atoms with Crippen LogP contribution in [0.2, 0.25) is 0 Å². The van der Waals surface area contributed by atoms with Gasteiger partial charge in [0.15, 0.2) is 0 Å². The molecule has 1 saturated heterocycles. The zero-order valence-corrected chi connectivity index (χ0v) is 10.8. The van der Waals surface area contributed by atoms with Crippen molar-refractivity contribution in [1.29, 1.82) is 0 Å². The molecule has 0 spiro atoms. The van der Waals surface area contributed by atoms with Crippen LogP contribution in [0.1, 0.15) is 11.9 Å². The summed E-state index contributed by atoms with van der Waals surface area (Å²) in [5.74, 6) is 2.05. The number of aromatic hydroxyl groups is 2. The van der Waals surface area contributed by atoms with Gasteiger partial charge in [-0.05, 0) is 12.1 Å². The normalized spacial score (nSPS) is 19.5. The number of phenolic OH excluding ortho intramolecular Hbond substituents is 2. The summed E-state index contributed by atoms with van der Waals surface area (Å²) in [6.45, 7) is 0.654. The SMILES string of the molecule is Oc1cccc(O)c1-c1nc(C2CSCCO2)no1. The number of hydrogen-bond donors (Lipinski definition) is 2. The van der Waals surface area contributed by atoms with Gasteiger partial charge in [0.25, 0.3) is 5.89 Å². The number of ether oxygens (including phenoxy) is 1. The lowest BCUT2D eigenvalue weighted by atomic mass is 10.2. The molecular weight excluding hydrogens is 268 g/mol. The molecule has 1 unspecified atom stereocenters. The van der Waals surface area contributed by atoms with Gasteiger partial charge in [-0.15, -0.1) is 0 Å². The lowest BCUT2D eigenvalue weighted by Crippen LogP contribution is -2.16. The van der Waals surface area contributed by atoms with Crippen molar-refractivity contribution in [2.75, 3.05) is 18.1 Å². The van der Waals surface area contributed by atoms with Crippen LogP contribution in [0.15, 0.2) is 22.7 Å². The second kappa shape index (κ2) is 5.10. The smallest absolute Gasteiger partial charge is 0.265 e. The molecule has 0 amide bonds. The second-order valence-electron chi connectivity index (χ2n) is 4.06. The summed E-state index contributed by atoms with van der Waals surface area (Å²) in [7, 11) is 0. The first kappa shape index (κ1) is 12.3. The van der Waals surface area contributed by atoms with Crippen LogP contribution in [0.5, 0.6) is 11.5 Å². The Morgan fingerprint density at radius 3 is 2.74 bits per heavy atom. The summed E-state index contributed by atoms with van der Waals surface area (Å²) in [5, 5.41) is 23.3. The molecular formula is C12H12N2O4S. The van der Waals surface area contributed by atoms with Crippen molar-refractivity contribution in [3.8, 4) is 23.0 Å². The summed E-state index contributed by atoms with van der Waals surface area (Å²) in [5.41, 5.74) is 0.143. The van der Waals surface area contributed by atoms with Crippen LogP contribution in [0, 0.1) is 0 Å². The molecule has 1 aromatic heterocycles. The van der Waals surface area contributed by atoms with E-state index in [1.165, 1.54) is 18.2 Å². The van der Waals surface area contributed by atoms with Crippen molar-refractivity contribution in [2.24, 2.45) is 0 Å². The Kier molecular flexibility index (Phi) is 3.31. The van der Waals surface area contributed by atoms with Gasteiger partial charge in [-0.1, -0.05) is 11.2 Å². The van der Waals surface area contributed by atoms with Gasteiger partial charge in [0, 0.05) is 11.5 Å². The number of phenols is 2. The lowest BCUT2D eigenvalue weighted by molar-refractivity contribution is 0.0677. The standard InChI is InChI=1S/C12H12N2O4S/c15-7-2-1-3-8(16)10(7)12-13-11(14-18-12)9-6-19-5-4-17-9/h1-3,9,15-16H,4-6H2. The average Bonchev–Trinajstić information content (AvgIpc) is 2.89. The molecule has 2 aromatic rings. The second-order valence-corrected chi connectivity index (χ2v) is 5.21. The molecule has 100 valence electrons. The van der Waals surface area contributed by atoms with E-state index in [0.29, 0.717) is 12.4 Å². The van der Waals surface area contributed by atoms with Gasteiger partial charge >= 0.3 is 0 Å². The zero-order chi connectivity index (χ0) is 13.2. The Labute approximate surface area is 113 Å². The van der Waals surface area contributed by atoms with Gasteiger partial charge in [-0.3, -0.25) is 0 Å². The van der Waals surface area contributed by atoms with Gasteiger partial charge < -0.3 is 19.5 Å². The lowest BCUT2D eigenvalue weighted by Gasteiger charge is -2.18. The molecule has 1 aromatic carbocycles. The Bertz CT molecular complexity index is 561. The fraction of sp³-hybridized carbons (Fsp3) is 0.333. The topological polar surface area (TPSA) is 88.6 Å². The van der Waals surface area contributed by atoms with Gasteiger partial charge in [-0.25, -0.2) is 0 Å². The van der Waals surface area contributed by atoms with E-state index in [2.05, 4.69) is 10.1 Å². The van der Waals surface area contributed by atoms with Gasteiger partial charge in [0.1, 0.15) is 23.2 Å². The Morgan fingerprint density at radius 2 is 2.05 bits per heavy atom. The summed E-state index contributed by atoms with van der Waals surface area (Å²) >= 11 is 1.76. The molecule has 1 fully saturated rings. The highest BCUT2D eigenvalue weighted by Gasteiger charge is 2.24. The molecule has 1 aliphatic rings. The maximum atomic E-state index is 9.74. The fourth-order valence-electron chi connectivity index (χ4n) is 1.85. The van der Waals surface area contributed by atoms with Gasteiger partial charge in [-0.2, -0.15) is 16.7 Å². The highest BCUT2D eigenvalue weighted by molar-refractivity contribution is 7.99. The largest absolute Gasteiger partial charge is 0.507 e. The highest BCUT2D eigenvalue weighted by atomic mass is 32.2. The number of hydrogen-bond acceptors (Lipinski definition) is 7. The van der Waals surface area contributed by atoms with Crippen molar-refractivity contribution in [3.63, 3.8) is 0 Å². The third kappa shape index (κ3) is 2.39. The average molecular weight is 280 g/mol. The molecule has 0 saturated carbocycles. The first-order chi connectivity index (χ1) is 9.25.